The van der Waals surface area contributed by atoms with E-state index in [9.17, 15) is 4.79 Å². The maximum atomic E-state index is 11.8. The standard InChI is InChI=1S/C12H16N4OS/c1-8-10(13)7-11(18-8)12(17)14-5-3-9-4-6-16(2)15-9/h4,6-7H,3,5,13H2,1-2H3,(H,14,17). The van der Waals surface area contributed by atoms with E-state index in [2.05, 4.69) is 10.4 Å². The topological polar surface area (TPSA) is 72.9 Å². The van der Waals surface area contributed by atoms with Gasteiger partial charge in [-0.15, -0.1) is 11.3 Å². The van der Waals surface area contributed by atoms with Crippen molar-refractivity contribution in [2.45, 2.75) is 13.3 Å². The van der Waals surface area contributed by atoms with Gasteiger partial charge in [0.1, 0.15) is 0 Å². The van der Waals surface area contributed by atoms with Crippen molar-refractivity contribution in [3.8, 4) is 0 Å². The Kier molecular flexibility index (Phi) is 3.66. The number of aryl methyl sites for hydroxylation is 2. The van der Waals surface area contributed by atoms with Gasteiger partial charge in [0, 0.05) is 36.8 Å². The number of nitrogens with two attached hydrogens (primary N) is 1. The lowest BCUT2D eigenvalue weighted by atomic mass is 10.3. The molecule has 0 spiro atoms. The van der Waals surface area contributed by atoms with Crippen LogP contribution in [0.5, 0.6) is 0 Å². The minimum absolute atomic E-state index is 0.0734. The number of thiophene rings is 1. The summed E-state index contributed by atoms with van der Waals surface area (Å²) in [6.07, 6.45) is 2.62. The summed E-state index contributed by atoms with van der Waals surface area (Å²) >= 11 is 1.42. The normalized spacial score (nSPS) is 10.6. The molecule has 2 aromatic heterocycles. The molecular weight excluding hydrogens is 248 g/mol. The second kappa shape index (κ2) is 5.22. The fourth-order valence-corrected chi connectivity index (χ4v) is 2.45. The number of nitrogen functional groups attached to an aromatic ring is 1. The van der Waals surface area contributed by atoms with Crippen LogP contribution in [0.1, 0.15) is 20.2 Å². The molecule has 0 fully saturated rings. The third-order valence-electron chi connectivity index (χ3n) is 2.62. The Morgan fingerprint density at radius 1 is 1.61 bits per heavy atom. The monoisotopic (exact) mass is 264 g/mol. The number of aromatic nitrogens is 2. The van der Waals surface area contributed by atoms with Crippen molar-refractivity contribution in [1.82, 2.24) is 15.1 Å². The summed E-state index contributed by atoms with van der Waals surface area (Å²) in [6, 6.07) is 3.66. The molecule has 0 aliphatic carbocycles. The van der Waals surface area contributed by atoms with Gasteiger partial charge in [0.2, 0.25) is 0 Å². The Morgan fingerprint density at radius 3 is 2.94 bits per heavy atom. The molecule has 0 aliphatic heterocycles. The number of nitrogens with one attached hydrogen (secondary N) is 1. The molecule has 6 heteroatoms. The lowest BCUT2D eigenvalue weighted by Gasteiger charge is -2.01. The van der Waals surface area contributed by atoms with E-state index in [-0.39, 0.29) is 5.91 Å². The molecule has 1 amide bonds. The molecule has 96 valence electrons. The van der Waals surface area contributed by atoms with E-state index < -0.39 is 0 Å². The van der Waals surface area contributed by atoms with Crippen molar-refractivity contribution in [1.29, 1.82) is 0 Å². The Balaban J connectivity index is 1.85. The van der Waals surface area contributed by atoms with Gasteiger partial charge in [-0.3, -0.25) is 9.48 Å². The Hall–Kier alpha value is -1.82. The van der Waals surface area contributed by atoms with E-state index in [0.717, 1.165) is 17.0 Å². The predicted molar refractivity (Wildman–Crippen MR) is 72.7 cm³/mol. The van der Waals surface area contributed by atoms with Gasteiger partial charge in [-0.05, 0) is 19.1 Å². The minimum Gasteiger partial charge on any atom is -0.398 e. The van der Waals surface area contributed by atoms with Crippen LogP contribution < -0.4 is 11.1 Å². The molecule has 0 aliphatic rings. The van der Waals surface area contributed by atoms with Gasteiger partial charge in [0.25, 0.3) is 5.91 Å². The van der Waals surface area contributed by atoms with E-state index in [4.69, 9.17) is 5.73 Å². The van der Waals surface area contributed by atoms with Crippen LogP contribution in [0.3, 0.4) is 0 Å². The van der Waals surface area contributed by atoms with Crippen LogP contribution >= 0.6 is 11.3 Å². The van der Waals surface area contributed by atoms with E-state index >= 15 is 0 Å². The molecule has 2 heterocycles. The fraction of sp³-hybridized carbons (Fsp3) is 0.333. The van der Waals surface area contributed by atoms with Crippen LogP contribution in [0.4, 0.5) is 5.69 Å². The zero-order chi connectivity index (χ0) is 13.1. The maximum Gasteiger partial charge on any atom is 0.261 e. The molecular formula is C12H16N4OS. The Bertz CT molecular complexity index is 539. The van der Waals surface area contributed by atoms with Gasteiger partial charge >= 0.3 is 0 Å². The van der Waals surface area contributed by atoms with Gasteiger partial charge in [0.05, 0.1) is 10.6 Å². The smallest absolute Gasteiger partial charge is 0.261 e. The first-order valence-corrected chi connectivity index (χ1v) is 6.50. The predicted octanol–water partition coefficient (Wildman–Crippen LogP) is 1.34. The summed E-state index contributed by atoms with van der Waals surface area (Å²) in [4.78, 5) is 13.5. The molecule has 0 unspecified atom stereocenters. The second-order valence-corrected chi connectivity index (χ2v) is 5.37. The van der Waals surface area contributed by atoms with Crippen LogP contribution in [0.15, 0.2) is 18.3 Å². The van der Waals surface area contributed by atoms with Gasteiger partial charge in [-0.2, -0.15) is 5.10 Å². The third-order valence-corrected chi connectivity index (χ3v) is 3.68. The van der Waals surface area contributed by atoms with Gasteiger partial charge in [-0.1, -0.05) is 0 Å². The molecule has 2 aromatic rings. The molecule has 0 bridgehead atoms. The zero-order valence-electron chi connectivity index (χ0n) is 10.4. The zero-order valence-corrected chi connectivity index (χ0v) is 11.3. The van der Waals surface area contributed by atoms with Crippen LogP contribution in [0, 0.1) is 6.92 Å². The first-order chi connectivity index (χ1) is 8.56. The molecule has 0 atom stereocenters. The summed E-state index contributed by atoms with van der Waals surface area (Å²) in [7, 11) is 1.87. The van der Waals surface area contributed by atoms with E-state index in [1.54, 1.807) is 10.7 Å². The number of rotatable bonds is 4. The molecule has 18 heavy (non-hydrogen) atoms. The summed E-state index contributed by atoms with van der Waals surface area (Å²) in [5.74, 6) is -0.0734. The van der Waals surface area contributed by atoms with Crippen molar-refractivity contribution in [2.75, 3.05) is 12.3 Å². The van der Waals surface area contributed by atoms with Crippen molar-refractivity contribution >= 4 is 22.9 Å². The van der Waals surface area contributed by atoms with Crippen LogP contribution in [-0.4, -0.2) is 22.2 Å². The number of carbonyl (C=O) groups excluding carboxylic acids is 1. The second-order valence-electron chi connectivity index (χ2n) is 4.11. The molecule has 3 N–H and O–H groups in total. The number of amides is 1. The van der Waals surface area contributed by atoms with Crippen molar-refractivity contribution < 1.29 is 4.79 Å². The average Bonchev–Trinajstić information content (AvgIpc) is 2.87. The van der Waals surface area contributed by atoms with E-state index in [1.165, 1.54) is 11.3 Å². The third kappa shape index (κ3) is 2.89. The summed E-state index contributed by atoms with van der Waals surface area (Å²) < 4.78 is 1.75. The summed E-state index contributed by atoms with van der Waals surface area (Å²) in [5, 5.41) is 7.11. The largest absolute Gasteiger partial charge is 0.398 e. The van der Waals surface area contributed by atoms with Crippen molar-refractivity contribution in [3.63, 3.8) is 0 Å². The highest BCUT2D eigenvalue weighted by molar-refractivity contribution is 7.14. The first-order valence-electron chi connectivity index (χ1n) is 5.69. The van der Waals surface area contributed by atoms with Crippen LogP contribution in [-0.2, 0) is 13.5 Å². The number of hydrogen-bond acceptors (Lipinski definition) is 4. The summed E-state index contributed by atoms with van der Waals surface area (Å²) in [6.45, 7) is 2.48. The molecule has 0 aromatic carbocycles. The van der Waals surface area contributed by atoms with Gasteiger partial charge < -0.3 is 11.1 Å². The van der Waals surface area contributed by atoms with Crippen molar-refractivity contribution in [3.05, 3.63) is 33.8 Å². The SMILES string of the molecule is Cc1sc(C(=O)NCCc2ccn(C)n2)cc1N. The lowest BCUT2D eigenvalue weighted by molar-refractivity contribution is 0.0958. The van der Waals surface area contributed by atoms with Crippen LogP contribution in [0.25, 0.3) is 0 Å². The highest BCUT2D eigenvalue weighted by Gasteiger charge is 2.10. The molecule has 0 saturated carbocycles. The highest BCUT2D eigenvalue weighted by Crippen LogP contribution is 2.22. The van der Waals surface area contributed by atoms with Crippen molar-refractivity contribution in [2.24, 2.45) is 7.05 Å². The molecule has 0 saturated heterocycles. The first kappa shape index (κ1) is 12.6. The maximum absolute atomic E-state index is 11.8. The fourth-order valence-electron chi connectivity index (χ4n) is 1.60. The molecule has 2 rings (SSSR count). The highest BCUT2D eigenvalue weighted by atomic mass is 32.1. The lowest BCUT2D eigenvalue weighted by Crippen LogP contribution is -2.25. The minimum atomic E-state index is -0.0734. The Morgan fingerprint density at radius 2 is 2.39 bits per heavy atom. The Labute approximate surface area is 110 Å². The molecule has 0 radical (unpaired) electrons. The molecule has 5 nitrogen and oxygen atoms in total. The number of hydrogen-bond donors (Lipinski definition) is 2. The van der Waals surface area contributed by atoms with E-state index in [0.29, 0.717) is 17.1 Å². The van der Waals surface area contributed by atoms with E-state index in [1.807, 2.05) is 26.2 Å². The number of carbonyl (C=O) groups is 1. The average molecular weight is 264 g/mol. The van der Waals surface area contributed by atoms with Crippen LogP contribution in [0.2, 0.25) is 0 Å². The summed E-state index contributed by atoms with van der Waals surface area (Å²) in [5.41, 5.74) is 7.37. The number of anilines is 1. The quantitative estimate of drug-likeness (QED) is 0.875. The van der Waals surface area contributed by atoms with Gasteiger partial charge in [0.15, 0.2) is 0 Å². The van der Waals surface area contributed by atoms with Gasteiger partial charge in [-0.25, -0.2) is 0 Å². The number of nitrogens with zero attached hydrogens (tertiary/aromatic N) is 2.